The number of methoxy groups -OCH3 is 1. The number of carbonyl (C=O) groups is 3. The first-order valence-electron chi connectivity index (χ1n) is 20.6. The molecule has 55 heavy (non-hydrogen) atoms. The molecule has 0 radical (unpaired) electrons. The first-order chi connectivity index (χ1) is 26.4. The predicted molar refractivity (Wildman–Crippen MR) is 210 cm³/mol. The fourth-order valence-corrected chi connectivity index (χ4v) is 12.5. The molecule has 4 aliphatic heterocycles. The summed E-state index contributed by atoms with van der Waals surface area (Å²) >= 11 is 0. The summed E-state index contributed by atoms with van der Waals surface area (Å²) in [4.78, 5) is 48.7. The van der Waals surface area contributed by atoms with Crippen LogP contribution in [-0.2, 0) is 21.4 Å². The van der Waals surface area contributed by atoms with Crippen molar-refractivity contribution in [2.24, 2.45) is 16.2 Å². The predicted octanol–water partition coefficient (Wildman–Crippen LogP) is 6.46. The topological polar surface area (TPSA) is 121 Å². The number of rotatable bonds is 6. The molecule has 1 aromatic heterocycles. The lowest BCUT2D eigenvalue weighted by atomic mass is 9.53. The van der Waals surface area contributed by atoms with Crippen LogP contribution in [0.25, 0.3) is 22.2 Å². The second-order valence-corrected chi connectivity index (χ2v) is 20.6. The van der Waals surface area contributed by atoms with E-state index in [2.05, 4.69) is 31.2 Å². The third kappa shape index (κ3) is 5.11. The van der Waals surface area contributed by atoms with E-state index in [1.165, 1.54) is 12.0 Å². The first kappa shape index (κ1) is 35.4. The van der Waals surface area contributed by atoms with Gasteiger partial charge in [0, 0.05) is 84.6 Å². The van der Waals surface area contributed by atoms with E-state index in [1.54, 1.807) is 27.0 Å². The maximum absolute atomic E-state index is 15.4. The Labute approximate surface area is 323 Å². The van der Waals surface area contributed by atoms with E-state index in [-0.39, 0.29) is 34.2 Å². The number of nitrogens with one attached hydrogen (secondary N) is 1. The minimum Gasteiger partial charge on any atom is -0.497 e. The Morgan fingerprint density at radius 1 is 0.836 bits per heavy atom. The van der Waals surface area contributed by atoms with E-state index in [0.29, 0.717) is 25.6 Å². The van der Waals surface area contributed by atoms with Gasteiger partial charge >= 0.3 is 6.03 Å². The SMILES string of the molecule is COc1ccc2c(c1)[C@@H]1C[C@]1(C(=O)N1CC34CCC3(CN(C(=O)N3CCCC3)C4)C1)Cn1c-2c(C2CCCCC2)c2ccc(C(=O)NS(=O)(=O)C(C)C)cc21. The molecule has 5 heterocycles. The van der Waals surface area contributed by atoms with Crippen LogP contribution in [0.4, 0.5) is 4.79 Å². The molecule has 11 nitrogen and oxygen atoms in total. The fourth-order valence-electron chi connectivity index (χ4n) is 11.9. The number of amides is 4. The molecule has 12 heteroatoms. The number of hydrogen-bond donors (Lipinski definition) is 1. The van der Waals surface area contributed by atoms with Gasteiger partial charge in [-0.1, -0.05) is 25.3 Å². The Kier molecular flexibility index (Phi) is 7.86. The van der Waals surface area contributed by atoms with E-state index in [1.807, 2.05) is 23.1 Å². The van der Waals surface area contributed by atoms with Crippen LogP contribution < -0.4 is 9.46 Å². The van der Waals surface area contributed by atoms with Gasteiger partial charge in [0.25, 0.3) is 5.91 Å². The van der Waals surface area contributed by atoms with Crippen LogP contribution in [0, 0.1) is 16.2 Å². The molecule has 4 atom stereocenters. The summed E-state index contributed by atoms with van der Waals surface area (Å²) in [6, 6.07) is 12.1. The summed E-state index contributed by atoms with van der Waals surface area (Å²) in [5, 5.41) is 0.324. The van der Waals surface area contributed by atoms with Gasteiger partial charge in [-0.15, -0.1) is 0 Å². The Bertz CT molecular complexity index is 2230. The summed E-state index contributed by atoms with van der Waals surface area (Å²) < 4.78 is 35.9. The fraction of sp³-hybridized carbons (Fsp3) is 0.605. The molecule has 2 aromatic carbocycles. The van der Waals surface area contributed by atoms with Crippen molar-refractivity contribution < 1.29 is 27.5 Å². The summed E-state index contributed by atoms with van der Waals surface area (Å²) in [5.74, 6) is 0.680. The number of aromatic nitrogens is 1. The van der Waals surface area contributed by atoms with Gasteiger partial charge in [-0.05, 0) is 106 Å². The average molecular weight is 768 g/mol. The summed E-state index contributed by atoms with van der Waals surface area (Å²) in [7, 11) is -2.14. The van der Waals surface area contributed by atoms with Crippen molar-refractivity contribution in [2.45, 2.75) is 102 Å². The van der Waals surface area contributed by atoms with Crippen LogP contribution in [0.5, 0.6) is 5.75 Å². The third-order valence-electron chi connectivity index (χ3n) is 15.2. The van der Waals surface area contributed by atoms with Gasteiger partial charge in [0.1, 0.15) is 5.75 Å². The number of nitrogens with zero attached hydrogens (tertiary/aromatic N) is 4. The van der Waals surface area contributed by atoms with Gasteiger partial charge in [-0.3, -0.25) is 9.59 Å². The van der Waals surface area contributed by atoms with Crippen LogP contribution in [0.15, 0.2) is 36.4 Å². The maximum Gasteiger partial charge on any atom is 0.320 e. The number of carbonyl (C=O) groups excluding carboxylic acids is 3. The van der Waals surface area contributed by atoms with Crippen molar-refractivity contribution in [2.75, 3.05) is 46.4 Å². The van der Waals surface area contributed by atoms with Crippen molar-refractivity contribution in [3.63, 3.8) is 0 Å². The molecular formula is C43H53N5O6S. The molecular weight excluding hydrogens is 715 g/mol. The lowest BCUT2D eigenvalue weighted by molar-refractivity contribution is -0.137. The number of benzene rings is 2. The monoisotopic (exact) mass is 767 g/mol. The maximum atomic E-state index is 15.4. The molecule has 3 saturated carbocycles. The van der Waals surface area contributed by atoms with Crippen LogP contribution in [0.1, 0.15) is 111 Å². The highest BCUT2D eigenvalue weighted by atomic mass is 32.2. The molecule has 0 bridgehead atoms. The highest BCUT2D eigenvalue weighted by Gasteiger charge is 2.72. The summed E-state index contributed by atoms with van der Waals surface area (Å²) in [5.41, 5.74) is 5.08. The average Bonchev–Trinajstić information content (AvgIpc) is 3.36. The second-order valence-electron chi connectivity index (χ2n) is 18.4. The zero-order valence-corrected chi connectivity index (χ0v) is 33.2. The van der Waals surface area contributed by atoms with Gasteiger partial charge in [0.2, 0.25) is 15.9 Å². The number of likely N-dealkylation sites (tertiary alicyclic amines) is 3. The number of fused-ring (bicyclic) bond motifs is 7. The first-order valence-corrected chi connectivity index (χ1v) is 22.2. The van der Waals surface area contributed by atoms with Crippen LogP contribution >= 0.6 is 0 Å². The highest BCUT2D eigenvalue weighted by Crippen LogP contribution is 2.70. The van der Waals surface area contributed by atoms with Gasteiger partial charge in [0.15, 0.2) is 0 Å². The Morgan fingerprint density at radius 3 is 2.18 bits per heavy atom. The van der Waals surface area contributed by atoms with Crippen molar-refractivity contribution in [3.8, 4) is 17.0 Å². The van der Waals surface area contributed by atoms with E-state index >= 15 is 4.79 Å². The van der Waals surface area contributed by atoms with Gasteiger partial charge < -0.3 is 24.0 Å². The van der Waals surface area contributed by atoms with Gasteiger partial charge in [-0.2, -0.15) is 0 Å². The minimum atomic E-state index is -3.83. The van der Waals surface area contributed by atoms with Crippen molar-refractivity contribution in [1.82, 2.24) is 24.0 Å². The van der Waals surface area contributed by atoms with Crippen LogP contribution in [0.2, 0.25) is 0 Å². The molecule has 7 aliphatic rings. The van der Waals surface area contributed by atoms with Crippen molar-refractivity contribution in [1.29, 1.82) is 0 Å². The Morgan fingerprint density at radius 2 is 1.53 bits per heavy atom. The van der Waals surface area contributed by atoms with E-state index < -0.39 is 26.6 Å². The Balaban J connectivity index is 1.06. The molecule has 4 amide bonds. The lowest BCUT2D eigenvalue weighted by Crippen LogP contribution is -2.49. The lowest BCUT2D eigenvalue weighted by Gasteiger charge is -2.48. The molecule has 1 N–H and O–H groups in total. The molecule has 0 spiro atoms. The summed E-state index contributed by atoms with van der Waals surface area (Å²) in [6.07, 6.45) is 10.7. The van der Waals surface area contributed by atoms with Crippen LogP contribution in [-0.4, -0.2) is 97.2 Å². The number of urea groups is 1. The second kappa shape index (κ2) is 12.2. The molecule has 3 aliphatic carbocycles. The minimum absolute atomic E-state index is 0.0169. The van der Waals surface area contributed by atoms with E-state index in [0.717, 1.165) is 117 Å². The number of ether oxygens (including phenoxy) is 1. The zero-order valence-electron chi connectivity index (χ0n) is 32.4. The van der Waals surface area contributed by atoms with Crippen molar-refractivity contribution >= 4 is 38.8 Å². The van der Waals surface area contributed by atoms with Crippen LogP contribution in [0.3, 0.4) is 0 Å². The molecule has 292 valence electrons. The summed E-state index contributed by atoms with van der Waals surface area (Å²) in [6.45, 7) is 8.13. The quantitative estimate of drug-likeness (QED) is 0.308. The molecule has 3 saturated heterocycles. The van der Waals surface area contributed by atoms with Gasteiger partial charge in [0.05, 0.1) is 23.5 Å². The van der Waals surface area contributed by atoms with Crippen molar-refractivity contribution in [3.05, 3.63) is 53.1 Å². The third-order valence-corrected chi connectivity index (χ3v) is 16.9. The largest absolute Gasteiger partial charge is 0.497 e. The smallest absolute Gasteiger partial charge is 0.320 e. The standard InChI is InChI=1S/C43H53N5O6S/c1-27(2)55(52,53)44-38(49)29-11-13-32-35(19-29)48-26-43(21-34(43)33-20-30(54-3)12-14-31(33)37(48)36(32)28-9-5-4-6-10-28)39(50)46-22-41-15-16-42(41,23-46)25-47(24-41)40(51)45-17-7-8-18-45/h11-14,19-20,27-28,34H,4-10,15-18,21-26H2,1-3H3,(H,44,49)/t34-,41?,42?,43-/m0/s1. The Hall–Kier alpha value is -4.06. The molecule has 3 aromatic rings. The highest BCUT2D eigenvalue weighted by molar-refractivity contribution is 7.90. The number of hydrogen-bond acceptors (Lipinski definition) is 6. The number of sulfonamides is 1. The normalized spacial score (nSPS) is 29.6. The van der Waals surface area contributed by atoms with E-state index in [4.69, 9.17) is 4.74 Å². The molecule has 6 fully saturated rings. The zero-order chi connectivity index (χ0) is 38.1. The van der Waals surface area contributed by atoms with Gasteiger partial charge in [-0.25, -0.2) is 17.9 Å². The van der Waals surface area contributed by atoms with E-state index in [9.17, 15) is 18.0 Å². The molecule has 10 rings (SSSR count). The molecule has 2 unspecified atom stereocenters.